The van der Waals surface area contributed by atoms with E-state index in [0.717, 1.165) is 23.9 Å². The molecule has 2 heterocycles. The molecule has 1 unspecified atom stereocenters. The summed E-state index contributed by atoms with van der Waals surface area (Å²) in [6.45, 7) is 3.16. The Morgan fingerprint density at radius 1 is 1.60 bits per heavy atom. The van der Waals surface area contributed by atoms with Gasteiger partial charge in [0.25, 0.3) is 0 Å². The summed E-state index contributed by atoms with van der Waals surface area (Å²) >= 11 is 1.97. The number of nitrogens with zero attached hydrogens (tertiary/aromatic N) is 3. The molecule has 0 aliphatic carbocycles. The lowest BCUT2D eigenvalue weighted by Crippen LogP contribution is -2.41. The minimum atomic E-state index is -0.0438. The van der Waals surface area contributed by atoms with Crippen LogP contribution in [0.15, 0.2) is 12.4 Å². The number of aromatic nitrogens is 2. The van der Waals surface area contributed by atoms with Gasteiger partial charge in [-0.2, -0.15) is 11.8 Å². The number of aliphatic hydroxyl groups is 1. The van der Waals surface area contributed by atoms with Gasteiger partial charge in [0, 0.05) is 24.1 Å². The molecule has 82 valence electrons. The molecular formula is C10H15N3OS. The first-order valence-corrected chi connectivity index (χ1v) is 6.23. The zero-order valence-corrected chi connectivity index (χ0v) is 9.57. The molecule has 0 radical (unpaired) electrons. The van der Waals surface area contributed by atoms with Crippen LogP contribution in [-0.2, 0) is 6.61 Å². The fourth-order valence-electron chi connectivity index (χ4n) is 1.68. The maximum atomic E-state index is 9.00. The first-order valence-electron chi connectivity index (χ1n) is 5.07. The SMILES string of the molecule is CC1CSCCN1c1cncc(CO)n1. The van der Waals surface area contributed by atoms with Gasteiger partial charge in [-0.25, -0.2) is 4.98 Å². The summed E-state index contributed by atoms with van der Waals surface area (Å²) in [5, 5.41) is 9.00. The van der Waals surface area contributed by atoms with Crippen LogP contribution in [0, 0.1) is 0 Å². The lowest BCUT2D eigenvalue weighted by molar-refractivity contribution is 0.276. The predicted octanol–water partition coefficient (Wildman–Crippen LogP) is 0.911. The van der Waals surface area contributed by atoms with E-state index in [-0.39, 0.29) is 6.61 Å². The molecule has 1 N–H and O–H groups in total. The standard InChI is InChI=1S/C10H15N3OS/c1-8-7-15-3-2-13(8)10-5-11-4-9(6-14)12-10/h4-5,8,14H,2-3,6-7H2,1H3. The minimum Gasteiger partial charge on any atom is -0.390 e. The highest BCUT2D eigenvalue weighted by molar-refractivity contribution is 7.99. The third-order valence-corrected chi connectivity index (χ3v) is 3.68. The van der Waals surface area contributed by atoms with Gasteiger partial charge >= 0.3 is 0 Å². The molecule has 1 fully saturated rings. The quantitative estimate of drug-likeness (QED) is 0.810. The highest BCUT2D eigenvalue weighted by Crippen LogP contribution is 2.21. The van der Waals surface area contributed by atoms with Crippen molar-refractivity contribution in [2.45, 2.75) is 19.6 Å². The van der Waals surface area contributed by atoms with Crippen LogP contribution in [0.25, 0.3) is 0 Å². The molecule has 1 atom stereocenters. The molecule has 0 aromatic carbocycles. The Bertz CT molecular complexity index is 334. The summed E-state index contributed by atoms with van der Waals surface area (Å²) < 4.78 is 0. The smallest absolute Gasteiger partial charge is 0.147 e. The van der Waals surface area contributed by atoms with Crippen molar-refractivity contribution in [3.63, 3.8) is 0 Å². The number of aliphatic hydroxyl groups excluding tert-OH is 1. The lowest BCUT2D eigenvalue weighted by atomic mass is 10.3. The van der Waals surface area contributed by atoms with Crippen molar-refractivity contribution in [2.24, 2.45) is 0 Å². The van der Waals surface area contributed by atoms with Gasteiger partial charge in [-0.15, -0.1) is 0 Å². The second kappa shape index (κ2) is 4.81. The summed E-state index contributed by atoms with van der Waals surface area (Å²) in [4.78, 5) is 10.7. The number of thioether (sulfide) groups is 1. The summed E-state index contributed by atoms with van der Waals surface area (Å²) in [5.41, 5.74) is 0.637. The fraction of sp³-hybridized carbons (Fsp3) is 0.600. The summed E-state index contributed by atoms with van der Waals surface area (Å²) in [7, 11) is 0. The van der Waals surface area contributed by atoms with E-state index >= 15 is 0 Å². The van der Waals surface area contributed by atoms with E-state index < -0.39 is 0 Å². The topological polar surface area (TPSA) is 49.2 Å². The Morgan fingerprint density at radius 3 is 3.20 bits per heavy atom. The van der Waals surface area contributed by atoms with E-state index in [9.17, 15) is 0 Å². The Kier molecular flexibility index (Phi) is 3.43. The maximum absolute atomic E-state index is 9.00. The summed E-state index contributed by atoms with van der Waals surface area (Å²) in [6.07, 6.45) is 3.37. The molecule has 2 rings (SSSR count). The van der Waals surface area contributed by atoms with Gasteiger partial charge in [0.05, 0.1) is 24.7 Å². The Labute approximate surface area is 93.7 Å². The fourth-order valence-corrected chi connectivity index (χ4v) is 2.69. The van der Waals surface area contributed by atoms with Crippen LogP contribution in [0.2, 0.25) is 0 Å². The van der Waals surface area contributed by atoms with Gasteiger partial charge in [-0.3, -0.25) is 4.98 Å². The second-order valence-electron chi connectivity index (χ2n) is 3.64. The molecule has 0 bridgehead atoms. The predicted molar refractivity (Wildman–Crippen MR) is 62.1 cm³/mol. The second-order valence-corrected chi connectivity index (χ2v) is 4.79. The van der Waals surface area contributed by atoms with E-state index in [2.05, 4.69) is 21.8 Å². The van der Waals surface area contributed by atoms with Crippen LogP contribution in [0.5, 0.6) is 0 Å². The number of anilines is 1. The largest absolute Gasteiger partial charge is 0.390 e. The van der Waals surface area contributed by atoms with E-state index in [4.69, 9.17) is 5.11 Å². The van der Waals surface area contributed by atoms with Crippen molar-refractivity contribution in [2.75, 3.05) is 23.0 Å². The molecule has 1 saturated heterocycles. The van der Waals surface area contributed by atoms with Crippen molar-refractivity contribution in [3.05, 3.63) is 18.1 Å². The van der Waals surface area contributed by atoms with Crippen molar-refractivity contribution in [3.8, 4) is 0 Å². The van der Waals surface area contributed by atoms with Crippen LogP contribution in [-0.4, -0.2) is 39.2 Å². The molecule has 4 nitrogen and oxygen atoms in total. The van der Waals surface area contributed by atoms with Crippen molar-refractivity contribution >= 4 is 17.6 Å². The van der Waals surface area contributed by atoms with E-state index in [1.54, 1.807) is 12.4 Å². The Balaban J connectivity index is 2.19. The van der Waals surface area contributed by atoms with Crippen LogP contribution in [0.4, 0.5) is 5.82 Å². The van der Waals surface area contributed by atoms with E-state index in [1.807, 2.05) is 11.8 Å². The molecule has 15 heavy (non-hydrogen) atoms. The monoisotopic (exact) mass is 225 g/mol. The summed E-state index contributed by atoms with van der Waals surface area (Å²) in [6, 6.07) is 0.493. The normalized spacial score (nSPS) is 21.7. The molecule has 0 spiro atoms. The van der Waals surface area contributed by atoms with Gasteiger partial charge in [0.1, 0.15) is 5.82 Å². The third-order valence-electron chi connectivity index (χ3n) is 2.50. The number of rotatable bonds is 2. The molecule has 5 heteroatoms. The first kappa shape index (κ1) is 10.7. The van der Waals surface area contributed by atoms with E-state index in [1.165, 1.54) is 0 Å². The van der Waals surface area contributed by atoms with Crippen molar-refractivity contribution < 1.29 is 5.11 Å². The van der Waals surface area contributed by atoms with Gasteiger partial charge in [-0.05, 0) is 6.92 Å². The average Bonchev–Trinajstić information content (AvgIpc) is 2.30. The highest BCUT2D eigenvalue weighted by atomic mass is 32.2. The van der Waals surface area contributed by atoms with Crippen LogP contribution < -0.4 is 4.90 Å². The lowest BCUT2D eigenvalue weighted by Gasteiger charge is -2.33. The minimum absolute atomic E-state index is 0.0438. The summed E-state index contributed by atoms with van der Waals surface area (Å²) in [5.74, 6) is 3.15. The average molecular weight is 225 g/mol. The Morgan fingerprint density at radius 2 is 2.47 bits per heavy atom. The molecule has 1 aliphatic rings. The van der Waals surface area contributed by atoms with Crippen LogP contribution >= 0.6 is 11.8 Å². The van der Waals surface area contributed by atoms with E-state index in [0.29, 0.717) is 11.7 Å². The molecular weight excluding hydrogens is 210 g/mol. The molecule has 0 amide bonds. The maximum Gasteiger partial charge on any atom is 0.147 e. The van der Waals surface area contributed by atoms with Crippen molar-refractivity contribution in [1.29, 1.82) is 0 Å². The zero-order chi connectivity index (χ0) is 10.7. The first-order chi connectivity index (χ1) is 7.31. The van der Waals surface area contributed by atoms with Gasteiger partial charge < -0.3 is 10.0 Å². The number of hydrogen-bond acceptors (Lipinski definition) is 5. The zero-order valence-electron chi connectivity index (χ0n) is 8.76. The van der Waals surface area contributed by atoms with Gasteiger partial charge in [0.15, 0.2) is 0 Å². The molecule has 0 saturated carbocycles. The molecule has 1 aliphatic heterocycles. The van der Waals surface area contributed by atoms with Gasteiger partial charge in [0.2, 0.25) is 0 Å². The van der Waals surface area contributed by atoms with Crippen molar-refractivity contribution in [1.82, 2.24) is 9.97 Å². The molecule has 1 aromatic rings. The highest BCUT2D eigenvalue weighted by Gasteiger charge is 2.20. The van der Waals surface area contributed by atoms with Crippen LogP contribution in [0.3, 0.4) is 0 Å². The Hall–Kier alpha value is -0.810. The third kappa shape index (κ3) is 2.41. The number of hydrogen-bond donors (Lipinski definition) is 1. The van der Waals surface area contributed by atoms with Crippen LogP contribution in [0.1, 0.15) is 12.6 Å². The molecule has 1 aromatic heterocycles. The van der Waals surface area contributed by atoms with Gasteiger partial charge in [-0.1, -0.05) is 0 Å².